The van der Waals surface area contributed by atoms with Gasteiger partial charge in [-0.05, 0) is 31.9 Å². The second-order valence-corrected chi connectivity index (χ2v) is 6.00. The van der Waals surface area contributed by atoms with Crippen LogP contribution in [0, 0.1) is 0 Å². The quantitative estimate of drug-likeness (QED) is 0.721. The predicted molar refractivity (Wildman–Crippen MR) is 60.4 cm³/mol. The van der Waals surface area contributed by atoms with Crippen molar-refractivity contribution in [2.24, 2.45) is 0 Å². The Labute approximate surface area is 90.6 Å². The van der Waals surface area contributed by atoms with Gasteiger partial charge in [-0.2, -0.15) is 0 Å². The highest BCUT2D eigenvalue weighted by Gasteiger charge is 2.30. The molecule has 2 rings (SSSR count). The Morgan fingerprint density at radius 1 is 1.20 bits per heavy atom. The van der Waals surface area contributed by atoms with E-state index in [0.717, 1.165) is 18.4 Å². The molecule has 0 heterocycles. The highest BCUT2D eigenvalue weighted by Crippen LogP contribution is 2.29. The standard InChI is InChI=1S/C12H14O2S/c1-10-6-5-9-12(10)15(13,14)11-7-3-2-4-8-11/h2-4,6-8,12H,5,9H2,1H3. The van der Waals surface area contributed by atoms with Gasteiger partial charge in [0.05, 0.1) is 10.1 Å². The molecule has 1 aliphatic carbocycles. The summed E-state index contributed by atoms with van der Waals surface area (Å²) in [6.45, 7) is 1.90. The van der Waals surface area contributed by atoms with Gasteiger partial charge in [-0.25, -0.2) is 8.42 Å². The number of allylic oxidation sites excluding steroid dienone is 1. The van der Waals surface area contributed by atoms with Gasteiger partial charge in [0, 0.05) is 0 Å². The fourth-order valence-electron chi connectivity index (χ4n) is 2.00. The lowest BCUT2D eigenvalue weighted by Crippen LogP contribution is -2.19. The Bertz CT molecular complexity index is 472. The molecule has 1 aromatic rings. The van der Waals surface area contributed by atoms with Gasteiger partial charge in [-0.1, -0.05) is 29.8 Å². The third kappa shape index (κ3) is 1.84. The summed E-state index contributed by atoms with van der Waals surface area (Å²) in [4.78, 5) is 0.435. The van der Waals surface area contributed by atoms with E-state index in [0.29, 0.717) is 4.90 Å². The fourth-order valence-corrected chi connectivity index (χ4v) is 3.89. The van der Waals surface area contributed by atoms with E-state index in [1.54, 1.807) is 24.3 Å². The molecule has 0 fully saturated rings. The summed E-state index contributed by atoms with van der Waals surface area (Å²) < 4.78 is 24.4. The zero-order chi connectivity index (χ0) is 10.9. The molecule has 0 saturated heterocycles. The maximum Gasteiger partial charge on any atom is 0.185 e. The lowest BCUT2D eigenvalue weighted by Gasteiger charge is -2.13. The van der Waals surface area contributed by atoms with E-state index in [9.17, 15) is 8.42 Å². The minimum Gasteiger partial charge on any atom is -0.223 e. The van der Waals surface area contributed by atoms with Crippen LogP contribution in [0.25, 0.3) is 0 Å². The molecule has 1 aromatic carbocycles. The SMILES string of the molecule is CC1=CCCC1S(=O)(=O)c1ccccc1. The molecule has 0 amide bonds. The minimum atomic E-state index is -3.16. The van der Waals surface area contributed by atoms with Crippen molar-refractivity contribution in [1.82, 2.24) is 0 Å². The summed E-state index contributed by atoms with van der Waals surface area (Å²) in [6.07, 6.45) is 3.62. The van der Waals surface area contributed by atoms with Crippen LogP contribution in [0.15, 0.2) is 46.9 Å². The van der Waals surface area contributed by atoms with Gasteiger partial charge in [0.1, 0.15) is 0 Å². The lowest BCUT2D eigenvalue weighted by molar-refractivity contribution is 0.585. The highest BCUT2D eigenvalue weighted by atomic mass is 32.2. The first-order valence-electron chi connectivity index (χ1n) is 5.08. The number of rotatable bonds is 2. The van der Waals surface area contributed by atoms with E-state index in [1.807, 2.05) is 19.1 Å². The van der Waals surface area contributed by atoms with Gasteiger partial charge in [0.25, 0.3) is 0 Å². The molecule has 0 N–H and O–H groups in total. The van der Waals surface area contributed by atoms with E-state index >= 15 is 0 Å². The molecule has 0 radical (unpaired) electrons. The van der Waals surface area contributed by atoms with E-state index in [1.165, 1.54) is 0 Å². The van der Waals surface area contributed by atoms with Crippen molar-refractivity contribution in [2.45, 2.75) is 29.9 Å². The third-order valence-electron chi connectivity index (χ3n) is 2.85. The van der Waals surface area contributed by atoms with Crippen LogP contribution >= 0.6 is 0 Å². The summed E-state index contributed by atoms with van der Waals surface area (Å²) in [5, 5.41) is -0.306. The summed E-state index contributed by atoms with van der Waals surface area (Å²) in [6, 6.07) is 8.69. The van der Waals surface area contributed by atoms with Crippen LogP contribution in [0.3, 0.4) is 0 Å². The second-order valence-electron chi connectivity index (χ2n) is 3.87. The van der Waals surface area contributed by atoms with Crippen molar-refractivity contribution < 1.29 is 8.42 Å². The van der Waals surface area contributed by atoms with Crippen molar-refractivity contribution in [1.29, 1.82) is 0 Å². The average Bonchev–Trinajstić information content (AvgIpc) is 2.66. The van der Waals surface area contributed by atoms with Gasteiger partial charge in [0.15, 0.2) is 9.84 Å². The van der Waals surface area contributed by atoms with Crippen molar-refractivity contribution in [3.8, 4) is 0 Å². The molecule has 80 valence electrons. The third-order valence-corrected chi connectivity index (χ3v) is 5.14. The first kappa shape index (κ1) is 10.4. The van der Waals surface area contributed by atoms with E-state index in [-0.39, 0.29) is 5.25 Å². The molecule has 0 bridgehead atoms. The molecule has 0 aromatic heterocycles. The van der Waals surface area contributed by atoms with E-state index in [2.05, 4.69) is 0 Å². The van der Waals surface area contributed by atoms with Crippen LogP contribution in [0.2, 0.25) is 0 Å². The molecule has 1 aliphatic rings. The first-order valence-corrected chi connectivity index (χ1v) is 6.62. The molecule has 15 heavy (non-hydrogen) atoms. The van der Waals surface area contributed by atoms with Gasteiger partial charge in [-0.15, -0.1) is 0 Å². The lowest BCUT2D eigenvalue weighted by atomic mass is 10.3. The molecule has 2 nitrogen and oxygen atoms in total. The summed E-state index contributed by atoms with van der Waals surface area (Å²) in [7, 11) is -3.16. The van der Waals surface area contributed by atoms with E-state index < -0.39 is 9.84 Å². The van der Waals surface area contributed by atoms with Crippen LogP contribution in [-0.2, 0) is 9.84 Å². The Balaban J connectivity index is 2.41. The summed E-state index contributed by atoms with van der Waals surface area (Å²) in [5.74, 6) is 0. The fraction of sp³-hybridized carbons (Fsp3) is 0.333. The summed E-state index contributed by atoms with van der Waals surface area (Å²) >= 11 is 0. The summed E-state index contributed by atoms with van der Waals surface area (Å²) in [5.41, 5.74) is 0.985. The van der Waals surface area contributed by atoms with Crippen molar-refractivity contribution >= 4 is 9.84 Å². The Morgan fingerprint density at radius 2 is 1.87 bits per heavy atom. The first-order chi connectivity index (χ1) is 7.12. The minimum absolute atomic E-state index is 0.306. The molecule has 0 saturated carbocycles. The molecular weight excluding hydrogens is 208 g/mol. The molecule has 0 spiro atoms. The number of hydrogen-bond donors (Lipinski definition) is 0. The Hall–Kier alpha value is -1.09. The number of hydrogen-bond acceptors (Lipinski definition) is 2. The zero-order valence-electron chi connectivity index (χ0n) is 8.68. The largest absolute Gasteiger partial charge is 0.223 e. The number of benzene rings is 1. The van der Waals surface area contributed by atoms with Crippen LogP contribution in [0.1, 0.15) is 19.8 Å². The molecule has 3 heteroatoms. The zero-order valence-corrected chi connectivity index (χ0v) is 9.50. The normalized spacial score (nSPS) is 21.4. The Morgan fingerprint density at radius 3 is 2.40 bits per heavy atom. The molecule has 1 atom stereocenters. The Kier molecular flexibility index (Phi) is 2.65. The van der Waals surface area contributed by atoms with Crippen LogP contribution in [0.4, 0.5) is 0 Å². The highest BCUT2D eigenvalue weighted by molar-refractivity contribution is 7.92. The van der Waals surface area contributed by atoms with E-state index in [4.69, 9.17) is 0 Å². The van der Waals surface area contributed by atoms with Crippen molar-refractivity contribution in [2.75, 3.05) is 0 Å². The van der Waals surface area contributed by atoms with Crippen LogP contribution < -0.4 is 0 Å². The maximum atomic E-state index is 12.2. The van der Waals surface area contributed by atoms with Gasteiger partial charge >= 0.3 is 0 Å². The predicted octanol–water partition coefficient (Wildman–Crippen LogP) is 2.57. The van der Waals surface area contributed by atoms with Crippen molar-refractivity contribution in [3.05, 3.63) is 42.0 Å². The topological polar surface area (TPSA) is 34.1 Å². The smallest absolute Gasteiger partial charge is 0.185 e. The molecule has 0 aliphatic heterocycles. The van der Waals surface area contributed by atoms with Gasteiger partial charge < -0.3 is 0 Å². The van der Waals surface area contributed by atoms with Gasteiger partial charge in [0.2, 0.25) is 0 Å². The molecular formula is C12H14O2S. The van der Waals surface area contributed by atoms with Crippen molar-refractivity contribution in [3.63, 3.8) is 0 Å². The van der Waals surface area contributed by atoms with Crippen LogP contribution in [-0.4, -0.2) is 13.7 Å². The average molecular weight is 222 g/mol. The second kappa shape index (κ2) is 3.81. The number of sulfone groups is 1. The maximum absolute atomic E-state index is 12.2. The molecule has 1 unspecified atom stereocenters. The van der Waals surface area contributed by atoms with Gasteiger partial charge in [-0.3, -0.25) is 0 Å². The monoisotopic (exact) mass is 222 g/mol. The van der Waals surface area contributed by atoms with Crippen LogP contribution in [0.5, 0.6) is 0 Å².